The largest absolute Gasteiger partial charge is 0.328 e. The van der Waals surface area contributed by atoms with Crippen LogP contribution in [0, 0.1) is 0 Å². The summed E-state index contributed by atoms with van der Waals surface area (Å²) in [6.45, 7) is 3.30. The Hall–Kier alpha value is -3.94. The molecular weight excluding hydrogens is 368 g/mol. The second-order valence-electron chi connectivity index (χ2n) is 6.72. The Bertz CT molecular complexity index is 1090. The number of para-hydroxylation sites is 1. The van der Waals surface area contributed by atoms with Crippen molar-refractivity contribution in [2.24, 2.45) is 0 Å². The molecule has 0 aliphatic carbocycles. The summed E-state index contributed by atoms with van der Waals surface area (Å²) < 4.78 is 1.68. The molecule has 0 spiro atoms. The fourth-order valence-electron chi connectivity index (χ4n) is 3.37. The Morgan fingerprint density at radius 1 is 1.00 bits per heavy atom. The number of nitrogens with zero attached hydrogens (tertiary/aromatic N) is 3. The van der Waals surface area contributed by atoms with Crippen molar-refractivity contribution < 1.29 is 9.59 Å². The summed E-state index contributed by atoms with van der Waals surface area (Å²) in [7, 11) is 0. The van der Waals surface area contributed by atoms with Crippen LogP contribution in [-0.2, 0) is 9.59 Å². The van der Waals surface area contributed by atoms with E-state index in [-0.39, 0.29) is 11.8 Å². The van der Waals surface area contributed by atoms with E-state index in [1.54, 1.807) is 16.8 Å². The zero-order valence-corrected chi connectivity index (χ0v) is 16.0. The van der Waals surface area contributed by atoms with Gasteiger partial charge < -0.3 is 16.0 Å². The minimum absolute atomic E-state index is 0.142. The number of hydrogen-bond acceptors (Lipinski definition) is 5. The fraction of sp³-hybridized carbons (Fsp3) is 0.143. The van der Waals surface area contributed by atoms with Gasteiger partial charge in [-0.3, -0.25) is 9.59 Å². The van der Waals surface area contributed by atoms with Crippen LogP contribution in [0.1, 0.15) is 25.5 Å². The monoisotopic (exact) mass is 388 g/mol. The number of aromatic nitrogens is 3. The molecule has 0 saturated heterocycles. The first-order chi connectivity index (χ1) is 14.0. The Balaban J connectivity index is 1.72. The van der Waals surface area contributed by atoms with E-state index in [0.29, 0.717) is 28.6 Å². The second-order valence-corrected chi connectivity index (χ2v) is 6.72. The van der Waals surface area contributed by atoms with Gasteiger partial charge in [0, 0.05) is 24.0 Å². The lowest BCUT2D eigenvalue weighted by atomic mass is 9.94. The van der Waals surface area contributed by atoms with Crippen LogP contribution in [0.4, 0.5) is 17.3 Å². The predicted molar refractivity (Wildman–Crippen MR) is 110 cm³/mol. The molecule has 3 aromatic rings. The normalized spacial score (nSPS) is 15.3. The van der Waals surface area contributed by atoms with Crippen molar-refractivity contribution in [2.45, 2.75) is 19.9 Å². The summed E-state index contributed by atoms with van der Waals surface area (Å²) in [4.78, 5) is 28.7. The summed E-state index contributed by atoms with van der Waals surface area (Å²) in [5.74, 6) is 0.199. The smallest absolute Gasteiger partial charge is 0.255 e. The quantitative estimate of drug-likeness (QED) is 0.637. The Morgan fingerprint density at radius 2 is 1.69 bits per heavy atom. The summed E-state index contributed by atoms with van der Waals surface area (Å²) in [5, 5.41) is 13.2. The van der Waals surface area contributed by atoms with Crippen LogP contribution in [0.3, 0.4) is 0 Å². The molecular formula is C21H20N6O2. The SMILES string of the molecule is CC(=O)Nc1ccc([C@H]2C(C(=O)Nc3ccccc3)=C(C)Nc3ncnn32)cc1. The lowest BCUT2D eigenvalue weighted by Gasteiger charge is -2.28. The number of carbonyl (C=O) groups is 2. The molecule has 0 radical (unpaired) electrons. The molecule has 4 rings (SSSR count). The van der Waals surface area contributed by atoms with Gasteiger partial charge in [-0.2, -0.15) is 10.1 Å². The molecule has 0 fully saturated rings. The van der Waals surface area contributed by atoms with Gasteiger partial charge >= 0.3 is 0 Å². The van der Waals surface area contributed by atoms with E-state index >= 15 is 0 Å². The molecule has 29 heavy (non-hydrogen) atoms. The summed E-state index contributed by atoms with van der Waals surface area (Å²) >= 11 is 0. The molecule has 0 bridgehead atoms. The van der Waals surface area contributed by atoms with Gasteiger partial charge in [-0.25, -0.2) is 4.68 Å². The number of allylic oxidation sites excluding steroid dienone is 1. The molecule has 2 amide bonds. The molecule has 3 N–H and O–H groups in total. The van der Waals surface area contributed by atoms with E-state index in [1.165, 1.54) is 13.3 Å². The van der Waals surface area contributed by atoms with Gasteiger partial charge in [-0.1, -0.05) is 30.3 Å². The van der Waals surface area contributed by atoms with Gasteiger partial charge in [0.2, 0.25) is 11.9 Å². The van der Waals surface area contributed by atoms with Crippen molar-refractivity contribution >= 4 is 29.1 Å². The molecule has 8 heteroatoms. The summed E-state index contributed by atoms with van der Waals surface area (Å²) in [6, 6.07) is 16.2. The third kappa shape index (κ3) is 3.73. The summed E-state index contributed by atoms with van der Waals surface area (Å²) in [5.41, 5.74) is 3.49. The van der Waals surface area contributed by atoms with Crippen molar-refractivity contribution in [3.05, 3.63) is 77.8 Å². The number of anilines is 3. The number of fused-ring (bicyclic) bond motifs is 1. The third-order valence-electron chi connectivity index (χ3n) is 4.62. The molecule has 0 saturated carbocycles. The van der Waals surface area contributed by atoms with Crippen LogP contribution in [0.5, 0.6) is 0 Å². The maximum atomic E-state index is 13.2. The second kappa shape index (κ2) is 7.59. The highest BCUT2D eigenvalue weighted by molar-refractivity contribution is 6.06. The molecule has 1 atom stereocenters. The maximum Gasteiger partial charge on any atom is 0.255 e. The first-order valence-corrected chi connectivity index (χ1v) is 9.14. The minimum atomic E-state index is -0.455. The number of benzene rings is 2. The Morgan fingerprint density at radius 3 is 2.38 bits per heavy atom. The molecule has 2 heterocycles. The zero-order valence-electron chi connectivity index (χ0n) is 16.0. The van der Waals surface area contributed by atoms with E-state index in [4.69, 9.17) is 0 Å². The van der Waals surface area contributed by atoms with Gasteiger partial charge in [-0.05, 0) is 36.8 Å². The Labute approximate surface area is 167 Å². The van der Waals surface area contributed by atoms with E-state index < -0.39 is 6.04 Å². The van der Waals surface area contributed by atoms with Gasteiger partial charge in [0.1, 0.15) is 12.4 Å². The van der Waals surface area contributed by atoms with Crippen molar-refractivity contribution in [1.29, 1.82) is 0 Å². The minimum Gasteiger partial charge on any atom is -0.328 e. The molecule has 8 nitrogen and oxygen atoms in total. The topological polar surface area (TPSA) is 101 Å². The van der Waals surface area contributed by atoms with Crippen molar-refractivity contribution in [2.75, 3.05) is 16.0 Å². The average Bonchev–Trinajstić information content (AvgIpc) is 3.16. The molecule has 2 aromatic carbocycles. The summed E-state index contributed by atoms with van der Waals surface area (Å²) in [6.07, 6.45) is 1.45. The van der Waals surface area contributed by atoms with Gasteiger partial charge in [-0.15, -0.1) is 0 Å². The van der Waals surface area contributed by atoms with E-state index in [2.05, 4.69) is 26.0 Å². The highest BCUT2D eigenvalue weighted by Gasteiger charge is 2.33. The number of hydrogen-bond donors (Lipinski definition) is 3. The molecule has 1 aliphatic rings. The van der Waals surface area contributed by atoms with Gasteiger partial charge in [0.25, 0.3) is 5.91 Å². The molecule has 1 aliphatic heterocycles. The first-order valence-electron chi connectivity index (χ1n) is 9.14. The number of nitrogens with one attached hydrogen (secondary N) is 3. The molecule has 0 unspecified atom stereocenters. The van der Waals surface area contributed by atoms with Crippen LogP contribution in [0.25, 0.3) is 0 Å². The van der Waals surface area contributed by atoms with Crippen LogP contribution < -0.4 is 16.0 Å². The fourth-order valence-corrected chi connectivity index (χ4v) is 3.37. The lowest BCUT2D eigenvalue weighted by molar-refractivity contribution is -0.114. The number of amides is 2. The van der Waals surface area contributed by atoms with Crippen molar-refractivity contribution in [3.8, 4) is 0 Å². The molecule has 146 valence electrons. The lowest BCUT2D eigenvalue weighted by Crippen LogP contribution is -2.31. The number of rotatable bonds is 4. The predicted octanol–water partition coefficient (Wildman–Crippen LogP) is 3.16. The zero-order chi connectivity index (χ0) is 20.4. The standard InChI is InChI=1S/C21H20N6O2/c1-13-18(20(29)26-16-6-4-3-5-7-16)19(27-21(24-13)22-12-23-27)15-8-10-17(11-9-15)25-14(2)28/h3-12,19H,1-2H3,(H,25,28)(H,26,29)(H,22,23,24)/t19-/m0/s1. The highest BCUT2D eigenvalue weighted by Crippen LogP contribution is 2.35. The van der Waals surface area contributed by atoms with E-state index in [1.807, 2.05) is 49.4 Å². The van der Waals surface area contributed by atoms with Gasteiger partial charge in [0.05, 0.1) is 5.57 Å². The number of carbonyl (C=O) groups excluding carboxylic acids is 2. The highest BCUT2D eigenvalue weighted by atomic mass is 16.2. The average molecular weight is 388 g/mol. The van der Waals surface area contributed by atoms with Gasteiger partial charge in [0.15, 0.2) is 0 Å². The van der Waals surface area contributed by atoms with Crippen LogP contribution in [0.2, 0.25) is 0 Å². The van der Waals surface area contributed by atoms with Crippen LogP contribution in [-0.4, -0.2) is 26.6 Å². The van der Waals surface area contributed by atoms with Crippen LogP contribution >= 0.6 is 0 Å². The van der Waals surface area contributed by atoms with Crippen LogP contribution in [0.15, 0.2) is 72.2 Å². The third-order valence-corrected chi connectivity index (χ3v) is 4.62. The maximum absolute atomic E-state index is 13.2. The first kappa shape index (κ1) is 18.4. The van der Waals surface area contributed by atoms with E-state index in [9.17, 15) is 9.59 Å². The van der Waals surface area contributed by atoms with Crippen molar-refractivity contribution in [1.82, 2.24) is 14.8 Å². The Kier molecular flexibility index (Phi) is 4.82. The van der Waals surface area contributed by atoms with Crippen molar-refractivity contribution in [3.63, 3.8) is 0 Å². The molecule has 1 aromatic heterocycles. The van der Waals surface area contributed by atoms with E-state index in [0.717, 1.165) is 5.56 Å².